The van der Waals surface area contributed by atoms with Gasteiger partial charge in [-0.3, -0.25) is 19.7 Å². The molecule has 0 saturated carbocycles. The van der Waals surface area contributed by atoms with Crippen molar-refractivity contribution in [3.8, 4) is 16.4 Å². The molecule has 39 heavy (non-hydrogen) atoms. The van der Waals surface area contributed by atoms with Gasteiger partial charge in [-0.2, -0.15) is 5.10 Å². The first-order valence-corrected chi connectivity index (χ1v) is 14.1. The maximum absolute atomic E-state index is 13.6. The number of piperazine rings is 1. The van der Waals surface area contributed by atoms with Gasteiger partial charge in [0.1, 0.15) is 0 Å². The van der Waals surface area contributed by atoms with Gasteiger partial charge < -0.3 is 9.80 Å². The Labute approximate surface area is 237 Å². The Morgan fingerprint density at radius 3 is 2.62 bits per heavy atom. The predicted octanol–water partition coefficient (Wildman–Crippen LogP) is 5.22. The second kappa shape index (κ2) is 11.1. The summed E-state index contributed by atoms with van der Waals surface area (Å²) in [6.45, 7) is 4.87. The highest BCUT2D eigenvalue weighted by Crippen LogP contribution is 2.27. The monoisotopic (exact) mass is 608 g/mol. The lowest BCUT2D eigenvalue weighted by atomic mass is 10.1. The molecule has 4 aromatic rings. The molecule has 10 nitrogen and oxygen atoms in total. The lowest BCUT2D eigenvalue weighted by molar-refractivity contribution is -0.384. The molecule has 1 saturated heterocycles. The van der Waals surface area contributed by atoms with Crippen LogP contribution in [0.25, 0.3) is 16.4 Å². The molecular weight excluding hydrogens is 584 g/mol. The van der Waals surface area contributed by atoms with Gasteiger partial charge in [-0.15, -0.1) is 11.3 Å². The number of aromatic nitrogens is 3. The third kappa shape index (κ3) is 5.34. The molecule has 2 aromatic heterocycles. The highest BCUT2D eigenvalue weighted by Gasteiger charge is 2.32. The van der Waals surface area contributed by atoms with E-state index in [0.717, 1.165) is 21.4 Å². The Balaban J connectivity index is 1.31. The Morgan fingerprint density at radius 1 is 1.15 bits per heavy atom. The summed E-state index contributed by atoms with van der Waals surface area (Å²) in [7, 11) is 0. The fourth-order valence-corrected chi connectivity index (χ4v) is 5.78. The number of hydrogen-bond acceptors (Lipinski definition) is 7. The second-order valence-electron chi connectivity index (χ2n) is 9.20. The van der Waals surface area contributed by atoms with Crippen molar-refractivity contribution in [3.05, 3.63) is 91.5 Å². The molecule has 2 amide bonds. The number of non-ortho nitro benzene ring substituents is 1. The highest BCUT2D eigenvalue weighted by molar-refractivity contribution is 9.10. The van der Waals surface area contributed by atoms with Gasteiger partial charge in [0.25, 0.3) is 17.5 Å². The van der Waals surface area contributed by atoms with E-state index < -0.39 is 4.92 Å². The number of nitro benzene ring substituents is 1. The summed E-state index contributed by atoms with van der Waals surface area (Å²) < 4.78 is 2.72. The van der Waals surface area contributed by atoms with Crippen LogP contribution in [0.2, 0.25) is 0 Å². The van der Waals surface area contributed by atoms with Crippen molar-refractivity contribution < 1.29 is 14.5 Å². The van der Waals surface area contributed by atoms with Crippen molar-refractivity contribution in [1.29, 1.82) is 0 Å². The molecule has 5 rings (SSSR count). The van der Waals surface area contributed by atoms with Crippen LogP contribution in [0.1, 0.15) is 40.3 Å². The molecule has 1 aliphatic heterocycles. The minimum absolute atomic E-state index is 0.129. The summed E-state index contributed by atoms with van der Waals surface area (Å²) in [5.41, 5.74) is 3.26. The van der Waals surface area contributed by atoms with Gasteiger partial charge >= 0.3 is 0 Å². The van der Waals surface area contributed by atoms with E-state index in [4.69, 9.17) is 4.98 Å². The van der Waals surface area contributed by atoms with E-state index in [1.165, 1.54) is 29.5 Å². The molecule has 1 unspecified atom stereocenters. The number of rotatable bonds is 6. The average molecular weight is 610 g/mol. The van der Waals surface area contributed by atoms with Crippen molar-refractivity contribution in [2.24, 2.45) is 0 Å². The summed E-state index contributed by atoms with van der Waals surface area (Å²) in [6.07, 6.45) is 2.18. The standard InChI is InChI=1S/C27H25BrN6O4S/c1-3-24-22(14-29-33(24)27-30-23(16-39-27)18-7-9-20(28)10-8-18)26(36)31-11-12-32(17(2)15-31)25(35)19-5-4-6-21(13-19)34(37)38/h4-10,13-14,16-17H,3,11-12,15H2,1-2H3. The molecule has 1 atom stereocenters. The molecule has 3 heterocycles. The van der Waals surface area contributed by atoms with E-state index in [1.807, 2.05) is 43.5 Å². The van der Waals surface area contributed by atoms with Gasteiger partial charge in [0.2, 0.25) is 5.13 Å². The van der Waals surface area contributed by atoms with Gasteiger partial charge in [-0.1, -0.05) is 41.1 Å². The second-order valence-corrected chi connectivity index (χ2v) is 11.0. The maximum atomic E-state index is 13.6. The number of carbonyl (C=O) groups excluding carboxylic acids is 2. The van der Waals surface area contributed by atoms with Crippen LogP contribution in [0.15, 0.2) is 64.6 Å². The van der Waals surface area contributed by atoms with E-state index in [0.29, 0.717) is 36.8 Å². The number of nitro groups is 1. The van der Waals surface area contributed by atoms with Crippen LogP contribution >= 0.6 is 27.3 Å². The summed E-state index contributed by atoms with van der Waals surface area (Å²) in [6, 6.07) is 13.4. The minimum Gasteiger partial charge on any atom is -0.335 e. The largest absolute Gasteiger partial charge is 0.335 e. The quantitative estimate of drug-likeness (QED) is 0.219. The van der Waals surface area contributed by atoms with Crippen molar-refractivity contribution in [1.82, 2.24) is 24.6 Å². The van der Waals surface area contributed by atoms with Gasteiger partial charge in [0.05, 0.1) is 28.1 Å². The molecule has 0 bridgehead atoms. The van der Waals surface area contributed by atoms with Crippen LogP contribution in [-0.4, -0.2) is 67.0 Å². The summed E-state index contributed by atoms with van der Waals surface area (Å²) in [5, 5.41) is 18.3. The number of carbonyl (C=O) groups is 2. The topological polar surface area (TPSA) is 114 Å². The van der Waals surface area contributed by atoms with E-state index in [1.54, 1.807) is 26.7 Å². The van der Waals surface area contributed by atoms with Gasteiger partial charge in [0.15, 0.2) is 0 Å². The minimum atomic E-state index is -0.518. The van der Waals surface area contributed by atoms with Gasteiger partial charge in [-0.05, 0) is 31.5 Å². The lowest BCUT2D eigenvalue weighted by Gasteiger charge is -2.40. The molecule has 2 aromatic carbocycles. The number of thiazole rings is 1. The first-order chi connectivity index (χ1) is 18.8. The zero-order valence-corrected chi connectivity index (χ0v) is 23.7. The Kier molecular flexibility index (Phi) is 7.58. The maximum Gasteiger partial charge on any atom is 0.270 e. The molecule has 0 spiro atoms. The molecule has 0 radical (unpaired) electrons. The summed E-state index contributed by atoms with van der Waals surface area (Å²) in [5.74, 6) is -0.428. The van der Waals surface area contributed by atoms with Crippen LogP contribution < -0.4 is 0 Å². The van der Waals surface area contributed by atoms with Crippen molar-refractivity contribution in [2.75, 3.05) is 19.6 Å². The first-order valence-electron chi connectivity index (χ1n) is 12.4. The van der Waals surface area contributed by atoms with Crippen LogP contribution in [0.4, 0.5) is 5.69 Å². The average Bonchev–Trinajstić information content (AvgIpc) is 3.60. The predicted molar refractivity (Wildman–Crippen MR) is 151 cm³/mol. The highest BCUT2D eigenvalue weighted by atomic mass is 79.9. The molecule has 1 fully saturated rings. The van der Waals surface area contributed by atoms with Crippen LogP contribution in [-0.2, 0) is 6.42 Å². The molecule has 12 heteroatoms. The van der Waals surface area contributed by atoms with Crippen LogP contribution in [0.5, 0.6) is 0 Å². The summed E-state index contributed by atoms with van der Waals surface area (Å²) in [4.78, 5) is 45.4. The molecule has 1 aliphatic rings. The third-order valence-corrected chi connectivity index (χ3v) is 8.07. The number of amides is 2. The van der Waals surface area contributed by atoms with Crippen molar-refractivity contribution >= 4 is 44.8 Å². The first kappa shape index (κ1) is 26.7. The van der Waals surface area contributed by atoms with E-state index in [-0.39, 0.29) is 29.1 Å². The number of hydrogen-bond donors (Lipinski definition) is 0. The van der Waals surface area contributed by atoms with E-state index >= 15 is 0 Å². The van der Waals surface area contributed by atoms with Crippen molar-refractivity contribution in [3.63, 3.8) is 0 Å². The number of benzene rings is 2. The molecular formula is C27H25BrN6O4S. The Morgan fingerprint density at radius 2 is 1.92 bits per heavy atom. The van der Waals surface area contributed by atoms with E-state index in [2.05, 4.69) is 21.0 Å². The fourth-order valence-electron chi connectivity index (χ4n) is 4.70. The molecule has 200 valence electrons. The summed E-state index contributed by atoms with van der Waals surface area (Å²) >= 11 is 4.91. The Hall–Kier alpha value is -3.90. The van der Waals surface area contributed by atoms with Gasteiger partial charge in [-0.25, -0.2) is 9.67 Å². The Bertz CT molecular complexity index is 1550. The smallest absolute Gasteiger partial charge is 0.270 e. The zero-order valence-electron chi connectivity index (χ0n) is 21.3. The molecule has 0 aliphatic carbocycles. The van der Waals surface area contributed by atoms with Crippen molar-refractivity contribution in [2.45, 2.75) is 26.3 Å². The molecule has 0 N–H and O–H groups in total. The normalized spacial score (nSPS) is 15.4. The third-order valence-electron chi connectivity index (χ3n) is 6.73. The zero-order chi connectivity index (χ0) is 27.7. The van der Waals surface area contributed by atoms with E-state index in [9.17, 15) is 19.7 Å². The van der Waals surface area contributed by atoms with Crippen LogP contribution in [0, 0.1) is 10.1 Å². The van der Waals surface area contributed by atoms with Gasteiger partial charge in [0, 0.05) is 58.8 Å². The number of nitrogens with zero attached hydrogens (tertiary/aromatic N) is 6. The number of halogens is 1. The SMILES string of the molecule is CCc1c(C(=O)N2CCN(C(=O)c3cccc([N+](=O)[O-])c3)C(C)C2)cnn1-c1nc(-c2ccc(Br)cc2)cs1. The van der Waals surface area contributed by atoms with Crippen LogP contribution in [0.3, 0.4) is 0 Å². The lowest BCUT2D eigenvalue weighted by Crippen LogP contribution is -2.55. The fraction of sp³-hybridized carbons (Fsp3) is 0.259.